The Balaban J connectivity index is 2.00. The molecule has 0 aromatic heterocycles. The molecule has 0 saturated carbocycles. The second kappa shape index (κ2) is 6.66. The predicted molar refractivity (Wildman–Crippen MR) is 91.4 cm³/mol. The lowest BCUT2D eigenvalue weighted by Gasteiger charge is -2.14. The summed E-state index contributed by atoms with van der Waals surface area (Å²) in [5, 5.41) is 0. The molecule has 0 spiro atoms. The van der Waals surface area contributed by atoms with E-state index in [-0.39, 0.29) is 5.97 Å². The first-order valence-electron chi connectivity index (χ1n) is 7.73. The summed E-state index contributed by atoms with van der Waals surface area (Å²) in [5.41, 5.74) is 5.58. The molecule has 0 aliphatic heterocycles. The van der Waals surface area contributed by atoms with E-state index in [1.165, 1.54) is 16.7 Å². The van der Waals surface area contributed by atoms with E-state index in [4.69, 9.17) is 4.74 Å². The summed E-state index contributed by atoms with van der Waals surface area (Å²) in [6.07, 6.45) is 3.65. The summed E-state index contributed by atoms with van der Waals surface area (Å²) in [5.74, 6) is -0.204. The van der Waals surface area contributed by atoms with E-state index in [2.05, 4.69) is 46.3 Å². The number of hydrogen-bond acceptors (Lipinski definition) is 2. The molecule has 0 unspecified atom stereocenters. The van der Waals surface area contributed by atoms with Gasteiger partial charge < -0.3 is 4.74 Å². The minimum atomic E-state index is -0.204. The average molecular weight is 359 g/mol. The summed E-state index contributed by atoms with van der Waals surface area (Å²) in [6, 6.07) is 12.9. The lowest BCUT2D eigenvalue weighted by atomic mass is 9.93. The molecule has 2 aromatic rings. The van der Waals surface area contributed by atoms with Gasteiger partial charge in [-0.15, -0.1) is 0 Å². The Hall–Kier alpha value is -1.61. The number of carbonyl (C=O) groups excluding carboxylic acids is 1. The van der Waals surface area contributed by atoms with Crippen LogP contribution >= 0.6 is 15.9 Å². The van der Waals surface area contributed by atoms with Crippen LogP contribution in [0.25, 0.3) is 0 Å². The van der Waals surface area contributed by atoms with Crippen LogP contribution in [0, 0.1) is 0 Å². The van der Waals surface area contributed by atoms with Crippen LogP contribution in [0.5, 0.6) is 0 Å². The molecular weight excluding hydrogens is 340 g/mol. The first kappa shape index (κ1) is 15.3. The highest BCUT2D eigenvalue weighted by Gasteiger charge is 2.15. The Bertz CT molecular complexity index is 707. The molecule has 0 amide bonds. The third-order valence-corrected chi connectivity index (χ3v) is 4.89. The fourth-order valence-corrected chi connectivity index (χ4v) is 3.53. The summed E-state index contributed by atoms with van der Waals surface area (Å²) < 4.78 is 6.38. The number of benzene rings is 2. The number of rotatable bonds is 2. The van der Waals surface area contributed by atoms with Gasteiger partial charge >= 0.3 is 5.97 Å². The van der Waals surface area contributed by atoms with Crippen LogP contribution < -0.4 is 0 Å². The van der Waals surface area contributed by atoms with E-state index in [1.807, 2.05) is 13.0 Å². The minimum absolute atomic E-state index is 0.204. The van der Waals surface area contributed by atoms with Crippen LogP contribution in [0.15, 0.2) is 40.9 Å². The molecule has 22 heavy (non-hydrogen) atoms. The molecule has 0 saturated heterocycles. The van der Waals surface area contributed by atoms with E-state index >= 15 is 0 Å². The van der Waals surface area contributed by atoms with Crippen molar-refractivity contribution in [2.75, 3.05) is 6.61 Å². The topological polar surface area (TPSA) is 26.3 Å². The van der Waals surface area contributed by atoms with Crippen molar-refractivity contribution in [2.24, 2.45) is 0 Å². The van der Waals surface area contributed by atoms with Gasteiger partial charge in [-0.05, 0) is 67.0 Å². The van der Waals surface area contributed by atoms with Crippen LogP contribution in [0.3, 0.4) is 0 Å². The third-order valence-electron chi connectivity index (χ3n) is 4.15. The minimum Gasteiger partial charge on any atom is -0.462 e. The predicted octanol–water partition coefficient (Wildman–Crippen LogP) is 4.51. The first-order chi connectivity index (χ1) is 10.7. The molecule has 0 atom stereocenters. The maximum atomic E-state index is 12.2. The molecule has 114 valence electrons. The van der Waals surface area contributed by atoms with Gasteiger partial charge in [0, 0.05) is 4.47 Å². The number of carbonyl (C=O) groups is 1. The second-order valence-corrected chi connectivity index (χ2v) is 6.49. The number of hydrogen-bond donors (Lipinski definition) is 0. The first-order valence-corrected chi connectivity index (χ1v) is 8.53. The molecule has 4 aliphatic rings. The summed E-state index contributed by atoms with van der Waals surface area (Å²) in [6.45, 7) is 2.26. The van der Waals surface area contributed by atoms with Gasteiger partial charge in [-0.3, -0.25) is 0 Å². The van der Waals surface area contributed by atoms with E-state index in [9.17, 15) is 4.79 Å². The van der Waals surface area contributed by atoms with Gasteiger partial charge in [-0.25, -0.2) is 4.79 Å². The number of ether oxygens (including phenoxy) is 1. The normalized spacial score (nSPS) is 13.5. The molecule has 2 nitrogen and oxygen atoms in total. The van der Waals surface area contributed by atoms with Crippen molar-refractivity contribution in [3.05, 3.63) is 68.7 Å². The molecule has 3 heteroatoms. The highest BCUT2D eigenvalue weighted by atomic mass is 79.9. The largest absolute Gasteiger partial charge is 0.462 e. The van der Waals surface area contributed by atoms with Crippen molar-refractivity contribution in [2.45, 2.75) is 32.6 Å². The number of aryl methyl sites for hydroxylation is 4. The quantitative estimate of drug-likeness (QED) is 0.738. The Morgan fingerprint density at radius 1 is 1.00 bits per heavy atom. The highest BCUT2D eigenvalue weighted by molar-refractivity contribution is 9.10. The Labute approximate surface area is 139 Å². The van der Waals surface area contributed by atoms with Crippen LogP contribution in [-0.4, -0.2) is 12.6 Å². The van der Waals surface area contributed by atoms with Crippen molar-refractivity contribution in [3.8, 4) is 0 Å². The zero-order valence-electron chi connectivity index (χ0n) is 12.7. The molecular formula is C19H19BrO2. The molecule has 0 radical (unpaired) electrons. The zero-order chi connectivity index (χ0) is 15.5. The van der Waals surface area contributed by atoms with Crippen LogP contribution in [0.1, 0.15) is 39.5 Å². The summed E-state index contributed by atoms with van der Waals surface area (Å²) in [7, 11) is 0. The zero-order valence-corrected chi connectivity index (χ0v) is 14.3. The standard InChI is InChI=1S/C19H19BrO2/c1-2-22-19(21)17-11-13-3-4-14-6-8-16(18(20)12-14)10-9-15(17)7-5-13/h5-8,11-12H,2-4,9-10H2,1H3. The van der Waals surface area contributed by atoms with Crippen LogP contribution in [-0.2, 0) is 30.4 Å². The molecule has 0 fully saturated rings. The molecule has 2 aromatic carbocycles. The fourth-order valence-electron chi connectivity index (χ4n) is 2.90. The molecule has 4 bridgehead atoms. The highest BCUT2D eigenvalue weighted by Crippen LogP contribution is 2.24. The fraction of sp³-hybridized carbons (Fsp3) is 0.316. The van der Waals surface area contributed by atoms with Gasteiger partial charge in [0.15, 0.2) is 0 Å². The van der Waals surface area contributed by atoms with E-state index in [1.54, 1.807) is 0 Å². The van der Waals surface area contributed by atoms with Gasteiger partial charge in [0.25, 0.3) is 0 Å². The van der Waals surface area contributed by atoms with E-state index in [0.29, 0.717) is 6.61 Å². The lowest BCUT2D eigenvalue weighted by Crippen LogP contribution is -2.10. The van der Waals surface area contributed by atoms with Crippen LogP contribution in [0.4, 0.5) is 0 Å². The SMILES string of the molecule is CCOC(=O)c1cc2ccc1CCc1ccc(cc1Br)CC2. The van der Waals surface area contributed by atoms with Crippen LogP contribution in [0.2, 0.25) is 0 Å². The van der Waals surface area contributed by atoms with Crippen molar-refractivity contribution in [1.82, 2.24) is 0 Å². The molecule has 0 N–H and O–H groups in total. The van der Waals surface area contributed by atoms with Gasteiger partial charge in [-0.2, -0.15) is 0 Å². The van der Waals surface area contributed by atoms with E-state index < -0.39 is 0 Å². The monoisotopic (exact) mass is 358 g/mol. The van der Waals surface area contributed by atoms with Crippen molar-refractivity contribution < 1.29 is 9.53 Å². The van der Waals surface area contributed by atoms with Gasteiger partial charge in [0.05, 0.1) is 12.2 Å². The van der Waals surface area contributed by atoms with Gasteiger partial charge in [0.2, 0.25) is 0 Å². The Kier molecular flexibility index (Phi) is 4.63. The molecule has 0 heterocycles. The third kappa shape index (κ3) is 3.25. The summed E-state index contributed by atoms with van der Waals surface area (Å²) in [4.78, 5) is 12.2. The molecule has 6 rings (SSSR count). The second-order valence-electron chi connectivity index (χ2n) is 5.64. The smallest absolute Gasteiger partial charge is 0.338 e. The van der Waals surface area contributed by atoms with Gasteiger partial charge in [-0.1, -0.05) is 40.2 Å². The molecule has 4 aliphatic carbocycles. The van der Waals surface area contributed by atoms with E-state index in [0.717, 1.165) is 41.3 Å². The average Bonchev–Trinajstić information content (AvgIpc) is 2.50. The maximum absolute atomic E-state index is 12.2. The van der Waals surface area contributed by atoms with Crippen molar-refractivity contribution in [1.29, 1.82) is 0 Å². The lowest BCUT2D eigenvalue weighted by molar-refractivity contribution is 0.0525. The number of halogens is 1. The van der Waals surface area contributed by atoms with Gasteiger partial charge in [0.1, 0.15) is 0 Å². The number of esters is 1. The maximum Gasteiger partial charge on any atom is 0.338 e. The van der Waals surface area contributed by atoms with Crippen molar-refractivity contribution in [3.63, 3.8) is 0 Å². The Morgan fingerprint density at radius 2 is 1.64 bits per heavy atom. The Morgan fingerprint density at radius 3 is 2.32 bits per heavy atom. The summed E-state index contributed by atoms with van der Waals surface area (Å²) >= 11 is 3.67. The van der Waals surface area contributed by atoms with Crippen molar-refractivity contribution >= 4 is 21.9 Å².